The normalized spacial score (nSPS) is 13.9. The summed E-state index contributed by atoms with van der Waals surface area (Å²) in [5, 5.41) is 13.5. The molecule has 4 N–H and O–H groups in total. The third-order valence-corrected chi connectivity index (χ3v) is 5.26. The van der Waals surface area contributed by atoms with Crippen LogP contribution in [0.1, 0.15) is 38.4 Å². The topological polar surface area (TPSA) is 137 Å². The Bertz CT molecular complexity index is 1370. The molecule has 0 spiro atoms. The minimum atomic E-state index is -1.73. The van der Waals surface area contributed by atoms with Crippen LogP contribution in [0.15, 0.2) is 35.1 Å². The van der Waals surface area contributed by atoms with E-state index in [-0.39, 0.29) is 29.1 Å². The maximum Gasteiger partial charge on any atom is 0.326 e. The molecule has 33 heavy (non-hydrogen) atoms. The van der Waals surface area contributed by atoms with Crippen LogP contribution < -0.4 is 16.4 Å². The zero-order valence-corrected chi connectivity index (χ0v) is 17.8. The third kappa shape index (κ3) is 3.95. The smallest absolute Gasteiger partial charge is 0.326 e. The summed E-state index contributed by atoms with van der Waals surface area (Å²) in [6, 6.07) is 4.99. The number of carbonyl (C=O) groups is 1. The first kappa shape index (κ1) is 20.8. The number of rotatable bonds is 5. The average molecular weight is 454 g/mol. The van der Waals surface area contributed by atoms with Gasteiger partial charge in [-0.3, -0.25) is 5.32 Å². The number of aromatic nitrogens is 5. The Balaban J connectivity index is 1.38. The van der Waals surface area contributed by atoms with Crippen molar-refractivity contribution in [1.29, 1.82) is 0 Å². The predicted molar refractivity (Wildman–Crippen MR) is 117 cm³/mol. The maximum absolute atomic E-state index is 14.8. The van der Waals surface area contributed by atoms with Crippen LogP contribution in [0.25, 0.3) is 22.3 Å². The van der Waals surface area contributed by atoms with Gasteiger partial charge in [-0.25, -0.2) is 28.2 Å². The molecule has 0 saturated heterocycles. The van der Waals surface area contributed by atoms with Gasteiger partial charge in [-0.05, 0) is 38.8 Å². The molecule has 0 bridgehead atoms. The second-order valence-corrected chi connectivity index (χ2v) is 8.30. The van der Waals surface area contributed by atoms with E-state index in [0.717, 1.165) is 12.8 Å². The molecule has 5 rings (SSSR count). The summed E-state index contributed by atoms with van der Waals surface area (Å²) >= 11 is 0. The van der Waals surface area contributed by atoms with Gasteiger partial charge in [0, 0.05) is 11.6 Å². The molecule has 1 aliphatic carbocycles. The molecule has 2 amide bonds. The Kier molecular flexibility index (Phi) is 4.73. The summed E-state index contributed by atoms with van der Waals surface area (Å²) in [5.74, 6) is -0.500. The second kappa shape index (κ2) is 7.50. The maximum atomic E-state index is 14.8. The number of nitrogens with zero attached hydrogens (tertiary/aromatic N) is 5. The molecule has 1 saturated carbocycles. The monoisotopic (exact) mass is 454 g/mol. The standard InChI is InChI=1S/C21H20F2N8O2/c1-21(2,23)14-8-15(33-30-14)28-20(32)27-13-6-3-10(7-12(13)22)17-16-18(24)25-9-26-19(16)31(29-17)11-4-5-11/h3,6-9,11H,4-5H2,1-2H3,(H2,24,25,26)(H2,27,28,32). The Morgan fingerprint density at radius 3 is 2.70 bits per heavy atom. The highest BCUT2D eigenvalue weighted by atomic mass is 19.1. The molecule has 1 aromatic carbocycles. The average Bonchev–Trinajstić information content (AvgIpc) is 3.34. The van der Waals surface area contributed by atoms with Gasteiger partial charge in [-0.15, -0.1) is 0 Å². The Hall–Kier alpha value is -4.09. The van der Waals surface area contributed by atoms with Gasteiger partial charge in [0.1, 0.15) is 29.4 Å². The highest BCUT2D eigenvalue weighted by Gasteiger charge is 2.29. The van der Waals surface area contributed by atoms with Crippen molar-refractivity contribution in [3.05, 3.63) is 42.1 Å². The van der Waals surface area contributed by atoms with Crippen molar-refractivity contribution in [1.82, 2.24) is 24.9 Å². The molecule has 10 nitrogen and oxygen atoms in total. The van der Waals surface area contributed by atoms with Gasteiger partial charge in [-0.1, -0.05) is 11.2 Å². The van der Waals surface area contributed by atoms with Crippen LogP contribution in [0.2, 0.25) is 0 Å². The van der Waals surface area contributed by atoms with Crippen LogP contribution in [0.5, 0.6) is 0 Å². The highest BCUT2D eigenvalue weighted by molar-refractivity contribution is 6.00. The number of carbonyl (C=O) groups excluding carboxylic acids is 1. The van der Waals surface area contributed by atoms with Gasteiger partial charge in [0.15, 0.2) is 11.3 Å². The summed E-state index contributed by atoms with van der Waals surface area (Å²) in [6.45, 7) is 2.62. The SMILES string of the molecule is CC(C)(F)c1cc(NC(=O)Nc2ccc(-c3nn(C4CC4)c4ncnc(N)c34)cc2F)on1. The molecule has 0 aliphatic heterocycles. The number of alkyl halides is 1. The van der Waals surface area contributed by atoms with Gasteiger partial charge >= 0.3 is 6.03 Å². The number of hydrogen-bond donors (Lipinski definition) is 3. The lowest BCUT2D eigenvalue weighted by Gasteiger charge is -2.08. The second-order valence-electron chi connectivity index (χ2n) is 8.30. The summed E-state index contributed by atoms with van der Waals surface area (Å²) in [5.41, 5.74) is 5.82. The highest BCUT2D eigenvalue weighted by Crippen LogP contribution is 2.40. The van der Waals surface area contributed by atoms with Crippen LogP contribution in [-0.4, -0.2) is 30.9 Å². The van der Waals surface area contributed by atoms with E-state index in [2.05, 4.69) is 30.9 Å². The van der Waals surface area contributed by atoms with Crippen LogP contribution in [-0.2, 0) is 5.67 Å². The lowest BCUT2D eigenvalue weighted by Crippen LogP contribution is -2.19. The van der Waals surface area contributed by atoms with E-state index in [4.69, 9.17) is 10.3 Å². The summed E-state index contributed by atoms with van der Waals surface area (Å²) < 4.78 is 35.4. The number of nitrogens with one attached hydrogen (secondary N) is 2. The number of amides is 2. The fourth-order valence-corrected chi connectivity index (χ4v) is 3.41. The molecule has 0 radical (unpaired) electrons. The van der Waals surface area contributed by atoms with Crippen molar-refractivity contribution >= 4 is 34.5 Å². The molecule has 0 atom stereocenters. The summed E-state index contributed by atoms with van der Waals surface area (Å²) in [4.78, 5) is 20.6. The molecule has 3 aromatic heterocycles. The van der Waals surface area contributed by atoms with Crippen molar-refractivity contribution < 1.29 is 18.1 Å². The quantitative estimate of drug-likeness (QED) is 0.407. The van der Waals surface area contributed by atoms with E-state index in [1.165, 1.54) is 38.4 Å². The molecule has 1 aliphatic rings. The zero-order valence-electron chi connectivity index (χ0n) is 17.8. The van der Waals surface area contributed by atoms with Crippen molar-refractivity contribution in [2.45, 2.75) is 38.4 Å². The number of halogens is 2. The molecule has 170 valence electrons. The lowest BCUT2D eigenvalue weighted by atomic mass is 10.1. The van der Waals surface area contributed by atoms with E-state index in [0.29, 0.717) is 22.3 Å². The minimum Gasteiger partial charge on any atom is -0.383 e. The molecule has 1 fully saturated rings. The first-order chi connectivity index (χ1) is 15.7. The number of anilines is 3. The molecule has 4 aromatic rings. The van der Waals surface area contributed by atoms with Gasteiger partial charge in [-0.2, -0.15) is 5.10 Å². The Labute approximate surface area is 186 Å². The minimum absolute atomic E-state index is 0.0226. The lowest BCUT2D eigenvalue weighted by molar-refractivity contribution is 0.205. The molecular weight excluding hydrogens is 434 g/mol. The number of nitrogens with two attached hydrogens (primary N) is 1. The van der Waals surface area contributed by atoms with Crippen molar-refractivity contribution in [3.8, 4) is 11.3 Å². The van der Waals surface area contributed by atoms with Crippen LogP contribution in [0.4, 0.5) is 31.0 Å². The third-order valence-electron chi connectivity index (χ3n) is 5.26. The fourth-order valence-electron chi connectivity index (χ4n) is 3.41. The molecule has 3 heterocycles. The Morgan fingerprint density at radius 1 is 1.24 bits per heavy atom. The van der Waals surface area contributed by atoms with Gasteiger partial charge < -0.3 is 15.6 Å². The van der Waals surface area contributed by atoms with E-state index < -0.39 is 17.5 Å². The van der Waals surface area contributed by atoms with Gasteiger partial charge in [0.2, 0.25) is 5.88 Å². The molecule has 0 unspecified atom stereocenters. The van der Waals surface area contributed by atoms with Crippen LogP contribution in [0, 0.1) is 5.82 Å². The first-order valence-electron chi connectivity index (χ1n) is 10.2. The summed E-state index contributed by atoms with van der Waals surface area (Å²) in [7, 11) is 0. The number of fused-ring (bicyclic) bond motifs is 1. The van der Waals surface area contributed by atoms with Crippen molar-refractivity contribution in [3.63, 3.8) is 0 Å². The van der Waals surface area contributed by atoms with E-state index in [1.807, 2.05) is 0 Å². The fraction of sp³-hybridized carbons (Fsp3) is 0.286. The number of hydrogen-bond acceptors (Lipinski definition) is 7. The number of nitrogen functional groups attached to an aromatic ring is 1. The van der Waals surface area contributed by atoms with Gasteiger partial charge in [0.25, 0.3) is 0 Å². The predicted octanol–water partition coefficient (Wildman–Crippen LogP) is 4.39. The number of urea groups is 1. The molecular formula is C21H20F2N8O2. The number of benzene rings is 1. The summed E-state index contributed by atoms with van der Waals surface area (Å²) in [6.07, 6.45) is 3.35. The van der Waals surface area contributed by atoms with E-state index in [1.54, 1.807) is 10.7 Å². The first-order valence-corrected chi connectivity index (χ1v) is 10.2. The Morgan fingerprint density at radius 2 is 2.03 bits per heavy atom. The zero-order chi connectivity index (χ0) is 23.3. The van der Waals surface area contributed by atoms with Crippen molar-refractivity contribution in [2.24, 2.45) is 0 Å². The van der Waals surface area contributed by atoms with Crippen LogP contribution >= 0.6 is 0 Å². The van der Waals surface area contributed by atoms with E-state index >= 15 is 0 Å². The molecule has 12 heteroatoms. The largest absolute Gasteiger partial charge is 0.383 e. The van der Waals surface area contributed by atoms with Crippen LogP contribution in [0.3, 0.4) is 0 Å². The van der Waals surface area contributed by atoms with E-state index in [9.17, 15) is 13.6 Å². The van der Waals surface area contributed by atoms with Crippen molar-refractivity contribution in [2.75, 3.05) is 16.4 Å². The van der Waals surface area contributed by atoms with Gasteiger partial charge in [0.05, 0.1) is 17.1 Å².